The van der Waals surface area contributed by atoms with Gasteiger partial charge in [-0.05, 0) is 12.0 Å². The smallest absolute Gasteiger partial charge is 0.128 e. The highest BCUT2D eigenvalue weighted by molar-refractivity contribution is 15.0. The summed E-state index contributed by atoms with van der Waals surface area (Å²) in [5, 5.41) is 0. The number of hydrogen-bond acceptors (Lipinski definition) is 1. The van der Waals surface area contributed by atoms with Gasteiger partial charge in [0.15, 0.2) is 0 Å². The number of rotatable bonds is 10. The Morgan fingerprint density at radius 2 is 1.09 bits per heavy atom. The summed E-state index contributed by atoms with van der Waals surface area (Å²) in [6.07, 6.45) is 0. The van der Waals surface area contributed by atoms with E-state index in [1.165, 1.54) is 17.6 Å². The standard InChI is InChI=1S/C6H14Cl2N.C5H11Cl2N.C5H11ClN.CH3I.2CH4.ClH.I2.HI/c1-9(2,5-3-7)6-4-8;1-8(4-2-6)5-3-7;1-7(3-2-6)4-5-7;1-2;;;;1-2;/h3-6H2,1-2H3;2-5H2,1H3;2-5H2,1H3;1H3;2*1H4;1H;;1H/q+1;;+1;;;;;;/p-1. The lowest BCUT2D eigenvalue weighted by atomic mass is 10.5. The summed E-state index contributed by atoms with van der Waals surface area (Å²) in [6, 6.07) is 0. The van der Waals surface area contributed by atoms with Gasteiger partial charge in [0.05, 0.1) is 58.4 Å². The Morgan fingerprint density at radius 1 is 0.781 bits per heavy atom. The van der Waals surface area contributed by atoms with Gasteiger partial charge < -0.3 is 26.3 Å². The molecule has 1 saturated heterocycles. The van der Waals surface area contributed by atoms with Gasteiger partial charge in [-0.3, -0.25) is 0 Å². The van der Waals surface area contributed by atoms with Crippen molar-refractivity contribution in [3.63, 3.8) is 0 Å². The molecule has 0 aromatic heterocycles. The van der Waals surface area contributed by atoms with Crippen molar-refractivity contribution in [2.45, 2.75) is 14.9 Å². The fourth-order valence-electron chi connectivity index (χ4n) is 1.57. The molecular formula is C19H48Cl6I4N3+. The number of alkyl halides is 6. The van der Waals surface area contributed by atoms with E-state index in [2.05, 4.69) is 85.9 Å². The molecule has 0 saturated carbocycles. The van der Waals surface area contributed by atoms with Crippen LogP contribution in [0.4, 0.5) is 0 Å². The summed E-state index contributed by atoms with van der Waals surface area (Å²) >= 11 is 33.9. The molecule has 0 bridgehead atoms. The Labute approximate surface area is 287 Å². The first-order valence-corrected chi connectivity index (χ1v) is 20.0. The van der Waals surface area contributed by atoms with E-state index in [-0.39, 0.29) is 51.2 Å². The molecule has 1 aliphatic heterocycles. The third kappa shape index (κ3) is 51.2. The molecule has 1 aliphatic rings. The minimum atomic E-state index is 0. The van der Waals surface area contributed by atoms with E-state index >= 15 is 0 Å². The molecule has 0 radical (unpaired) electrons. The van der Waals surface area contributed by atoms with E-state index in [1.807, 2.05) is 12.0 Å². The van der Waals surface area contributed by atoms with Gasteiger partial charge in [0.1, 0.15) is 13.1 Å². The van der Waals surface area contributed by atoms with E-state index in [0.717, 1.165) is 43.1 Å². The van der Waals surface area contributed by atoms with Crippen LogP contribution in [-0.4, -0.2) is 122 Å². The molecule has 1 fully saturated rings. The van der Waals surface area contributed by atoms with Crippen molar-refractivity contribution in [3.05, 3.63) is 0 Å². The zero-order valence-electron chi connectivity index (χ0n) is 18.6. The maximum Gasteiger partial charge on any atom is 0.128 e. The Balaban J connectivity index is -0.0000000394. The van der Waals surface area contributed by atoms with Gasteiger partial charge in [-0.2, -0.15) is 0 Å². The Bertz CT molecular complexity index is 284. The largest absolute Gasteiger partial charge is 1.00 e. The second-order valence-corrected chi connectivity index (χ2v) is 8.81. The summed E-state index contributed by atoms with van der Waals surface area (Å²) in [6.45, 7) is 7.67. The lowest BCUT2D eigenvalue weighted by molar-refractivity contribution is -0.885. The molecule has 0 aromatic rings. The van der Waals surface area contributed by atoms with Crippen LogP contribution >= 0.6 is 142 Å². The Kier molecular flexibility index (Phi) is 75.5. The number of hydrogen-bond donors (Lipinski definition) is 0. The van der Waals surface area contributed by atoms with Crippen LogP contribution in [0.25, 0.3) is 0 Å². The first-order valence-electron chi connectivity index (χ1n) is 8.86. The molecule has 0 amide bonds. The molecule has 1 heterocycles. The van der Waals surface area contributed by atoms with Crippen molar-refractivity contribution in [2.75, 3.05) is 108 Å². The van der Waals surface area contributed by atoms with Crippen LogP contribution in [0.1, 0.15) is 14.9 Å². The van der Waals surface area contributed by atoms with Gasteiger partial charge in [0.2, 0.25) is 0 Å². The third-order valence-electron chi connectivity index (χ3n) is 3.92. The van der Waals surface area contributed by atoms with Crippen molar-refractivity contribution in [3.8, 4) is 0 Å². The van der Waals surface area contributed by atoms with Gasteiger partial charge in [0.25, 0.3) is 0 Å². The Hall–Kier alpha value is 4.54. The van der Waals surface area contributed by atoms with Gasteiger partial charge >= 0.3 is 0 Å². The van der Waals surface area contributed by atoms with Crippen LogP contribution in [0.5, 0.6) is 0 Å². The lowest BCUT2D eigenvalue weighted by Gasteiger charge is -2.27. The normalized spacial score (nSPS) is 11.8. The lowest BCUT2D eigenvalue weighted by Crippen LogP contribution is -3.00. The third-order valence-corrected chi connectivity index (χ3v) is 4.77. The molecule has 0 aliphatic carbocycles. The zero-order chi connectivity index (χ0) is 23.1. The maximum absolute atomic E-state index is 5.56. The van der Waals surface area contributed by atoms with Gasteiger partial charge in [-0.25, -0.2) is 0 Å². The van der Waals surface area contributed by atoms with Gasteiger partial charge in [-0.1, -0.05) is 37.4 Å². The molecule has 3 nitrogen and oxygen atoms in total. The topological polar surface area (TPSA) is 3.24 Å². The average Bonchev–Trinajstić information content (AvgIpc) is 3.37. The molecule has 13 heteroatoms. The number of nitrogens with zero attached hydrogens (tertiary/aromatic N) is 3. The summed E-state index contributed by atoms with van der Waals surface area (Å²) in [5.74, 6) is 3.62. The van der Waals surface area contributed by atoms with Crippen molar-refractivity contribution in [2.24, 2.45) is 0 Å². The molecular weight excluding hydrogens is 991 g/mol. The predicted octanol–water partition coefficient (Wildman–Crippen LogP) is 5.34. The molecule has 32 heavy (non-hydrogen) atoms. The van der Waals surface area contributed by atoms with Gasteiger partial charge in [-0.15, -0.1) is 82.0 Å². The predicted molar refractivity (Wildman–Crippen MR) is 191 cm³/mol. The van der Waals surface area contributed by atoms with Crippen LogP contribution in [-0.2, 0) is 0 Å². The quantitative estimate of drug-likeness (QED) is 0.124. The molecule has 1 rings (SSSR count). The summed E-state index contributed by atoms with van der Waals surface area (Å²) < 4.78 is 2.14. The average molecular weight is 1040 g/mol. The summed E-state index contributed by atoms with van der Waals surface area (Å²) in [5.41, 5.74) is 0. The molecule has 208 valence electrons. The molecule has 0 N–H and O–H groups in total. The first kappa shape index (κ1) is 56.7. The minimum Gasteiger partial charge on any atom is -1.00 e. The van der Waals surface area contributed by atoms with Crippen molar-refractivity contribution < 1.29 is 21.4 Å². The molecule has 0 spiro atoms. The SMILES string of the molecule is C.C.CI.CN(CCCl)CCCl.C[N+](C)(CCCl)CCCl.C[N+]1(CCCl)CC1.I.II.[Cl-]. The van der Waals surface area contributed by atoms with E-state index < -0.39 is 0 Å². The van der Waals surface area contributed by atoms with Crippen molar-refractivity contribution in [1.82, 2.24) is 4.90 Å². The van der Waals surface area contributed by atoms with Crippen LogP contribution in [0.2, 0.25) is 0 Å². The van der Waals surface area contributed by atoms with E-state index in [9.17, 15) is 0 Å². The highest BCUT2D eigenvalue weighted by atomic mass is 128. The first-order chi connectivity index (χ1) is 13.2. The highest BCUT2D eigenvalue weighted by Gasteiger charge is 2.35. The fraction of sp³-hybridized carbons (Fsp3) is 1.00. The maximum atomic E-state index is 5.56. The monoisotopic (exact) mass is 1040 g/mol. The minimum absolute atomic E-state index is 0. The Morgan fingerprint density at radius 3 is 1.25 bits per heavy atom. The zero-order valence-corrected chi connectivity index (χ0v) is 32.0. The van der Waals surface area contributed by atoms with Crippen LogP contribution in [0.3, 0.4) is 0 Å². The van der Waals surface area contributed by atoms with Crippen molar-refractivity contribution >= 4 is 142 Å². The van der Waals surface area contributed by atoms with Crippen LogP contribution < -0.4 is 12.4 Å². The molecule has 0 unspecified atom stereocenters. The second kappa shape index (κ2) is 42.6. The number of halogens is 10. The second-order valence-electron chi connectivity index (χ2n) is 6.92. The summed E-state index contributed by atoms with van der Waals surface area (Å²) in [4.78, 5) is 4.07. The number of quaternary nitrogens is 2. The fourth-order valence-corrected chi connectivity index (χ4v) is 3.47. The highest BCUT2D eigenvalue weighted by Crippen LogP contribution is 2.15. The summed E-state index contributed by atoms with van der Waals surface area (Å²) in [7, 11) is 8.50. The van der Waals surface area contributed by atoms with E-state index in [1.54, 1.807) is 0 Å². The van der Waals surface area contributed by atoms with Crippen molar-refractivity contribution in [1.29, 1.82) is 0 Å². The number of likely N-dealkylation sites (N-methyl/N-ethyl adjacent to an activating group) is 1. The molecule has 0 atom stereocenters. The molecule has 0 aromatic carbocycles. The van der Waals surface area contributed by atoms with E-state index in [4.69, 9.17) is 58.0 Å². The van der Waals surface area contributed by atoms with E-state index in [0.29, 0.717) is 23.5 Å². The van der Waals surface area contributed by atoms with Crippen LogP contribution in [0.15, 0.2) is 0 Å². The van der Waals surface area contributed by atoms with Crippen LogP contribution in [0, 0.1) is 0 Å². The van der Waals surface area contributed by atoms with Gasteiger partial charge in [0, 0.05) is 62.1 Å².